The lowest BCUT2D eigenvalue weighted by Crippen LogP contribution is -2.13. The Morgan fingerprint density at radius 2 is 2.20 bits per heavy atom. The summed E-state index contributed by atoms with van der Waals surface area (Å²) in [5.74, 6) is -0.234. The Hall–Kier alpha value is -1.84. The van der Waals surface area contributed by atoms with Crippen molar-refractivity contribution >= 4 is 11.8 Å². The molecule has 0 saturated carbocycles. The van der Waals surface area contributed by atoms with Crippen molar-refractivity contribution in [3.8, 4) is 0 Å². The molecular weight excluding hydrogens is 192 g/mol. The van der Waals surface area contributed by atoms with E-state index in [-0.39, 0.29) is 11.8 Å². The Bertz CT molecular complexity index is 400. The molecule has 0 spiro atoms. The van der Waals surface area contributed by atoms with E-state index in [1.165, 1.54) is 7.11 Å². The molecule has 0 aliphatic heterocycles. The second-order valence-corrected chi connectivity index (χ2v) is 3.34. The smallest absolute Gasteiger partial charge is 0.338 e. The number of hydrogen-bond donors (Lipinski definition) is 2. The molecule has 15 heavy (non-hydrogen) atoms. The van der Waals surface area contributed by atoms with Gasteiger partial charge in [-0.05, 0) is 24.1 Å². The molecule has 1 aromatic rings. The van der Waals surface area contributed by atoms with Crippen LogP contribution in [0.2, 0.25) is 0 Å². The van der Waals surface area contributed by atoms with E-state index in [4.69, 9.17) is 11.1 Å². The Balaban J connectivity index is 2.97. The number of carbonyl (C=O) groups excluding carboxylic acids is 1. The fourth-order valence-corrected chi connectivity index (χ4v) is 1.39. The number of benzene rings is 1. The summed E-state index contributed by atoms with van der Waals surface area (Å²) in [4.78, 5) is 11.3. The van der Waals surface area contributed by atoms with Crippen molar-refractivity contribution in [1.82, 2.24) is 0 Å². The van der Waals surface area contributed by atoms with Crippen molar-refractivity contribution in [3.05, 3.63) is 34.9 Å². The highest BCUT2D eigenvalue weighted by Crippen LogP contribution is 2.12. The molecule has 3 N–H and O–H groups in total. The molecule has 4 heteroatoms. The molecule has 0 heterocycles. The second-order valence-electron chi connectivity index (χ2n) is 3.34. The van der Waals surface area contributed by atoms with Gasteiger partial charge in [-0.15, -0.1) is 0 Å². The number of methoxy groups -OCH3 is 1. The zero-order chi connectivity index (χ0) is 11.4. The van der Waals surface area contributed by atoms with E-state index in [9.17, 15) is 4.79 Å². The monoisotopic (exact) mass is 206 g/mol. The summed E-state index contributed by atoms with van der Waals surface area (Å²) < 4.78 is 4.63. The van der Waals surface area contributed by atoms with Gasteiger partial charge >= 0.3 is 5.97 Å². The van der Waals surface area contributed by atoms with Gasteiger partial charge in [0.2, 0.25) is 0 Å². The number of ether oxygens (including phenoxy) is 1. The van der Waals surface area contributed by atoms with E-state index < -0.39 is 0 Å². The van der Waals surface area contributed by atoms with Crippen LogP contribution in [0.25, 0.3) is 0 Å². The summed E-state index contributed by atoms with van der Waals surface area (Å²) in [6.07, 6.45) is 0.405. The molecule has 1 rings (SSSR count). The standard InChI is InChI=1S/C11H14N2O2/c1-7-5-8(6-10(12)13)3-4-9(7)11(14)15-2/h3-5H,6H2,1-2H3,(H3,12,13). The third-order valence-corrected chi connectivity index (χ3v) is 2.09. The first kappa shape index (κ1) is 11.2. The van der Waals surface area contributed by atoms with E-state index in [0.29, 0.717) is 12.0 Å². The van der Waals surface area contributed by atoms with Gasteiger partial charge in [0, 0.05) is 6.42 Å². The fraction of sp³-hybridized carbons (Fsp3) is 0.273. The maximum absolute atomic E-state index is 11.3. The molecule has 0 amide bonds. The molecule has 0 radical (unpaired) electrons. The number of esters is 1. The predicted molar refractivity (Wildman–Crippen MR) is 58.1 cm³/mol. The Kier molecular flexibility index (Phi) is 3.44. The number of carbonyl (C=O) groups is 1. The first-order chi connectivity index (χ1) is 7.04. The fourth-order valence-electron chi connectivity index (χ4n) is 1.39. The van der Waals surface area contributed by atoms with Gasteiger partial charge in [0.1, 0.15) is 0 Å². The summed E-state index contributed by atoms with van der Waals surface area (Å²) in [6.45, 7) is 1.83. The average molecular weight is 206 g/mol. The Labute approximate surface area is 88.6 Å². The Morgan fingerprint density at radius 3 is 2.67 bits per heavy atom. The van der Waals surface area contributed by atoms with Crippen molar-refractivity contribution in [1.29, 1.82) is 5.41 Å². The van der Waals surface area contributed by atoms with Gasteiger partial charge in [0.25, 0.3) is 0 Å². The van der Waals surface area contributed by atoms with E-state index in [2.05, 4.69) is 4.74 Å². The third kappa shape index (κ3) is 2.80. The molecule has 1 aromatic carbocycles. The normalized spacial score (nSPS) is 9.73. The van der Waals surface area contributed by atoms with Gasteiger partial charge in [-0.1, -0.05) is 12.1 Å². The molecule has 4 nitrogen and oxygen atoms in total. The first-order valence-electron chi connectivity index (χ1n) is 4.55. The molecule has 0 fully saturated rings. The van der Waals surface area contributed by atoms with E-state index in [0.717, 1.165) is 11.1 Å². The maximum Gasteiger partial charge on any atom is 0.338 e. The zero-order valence-electron chi connectivity index (χ0n) is 8.83. The maximum atomic E-state index is 11.3. The van der Waals surface area contributed by atoms with Crippen molar-refractivity contribution in [2.75, 3.05) is 7.11 Å². The number of rotatable bonds is 3. The van der Waals surface area contributed by atoms with Crippen LogP contribution in [-0.2, 0) is 11.2 Å². The highest BCUT2D eigenvalue weighted by Gasteiger charge is 2.09. The van der Waals surface area contributed by atoms with Crippen molar-refractivity contribution in [3.63, 3.8) is 0 Å². The second kappa shape index (κ2) is 4.59. The van der Waals surface area contributed by atoms with Crippen molar-refractivity contribution < 1.29 is 9.53 Å². The van der Waals surface area contributed by atoms with Crippen LogP contribution in [0.15, 0.2) is 18.2 Å². The number of hydrogen-bond acceptors (Lipinski definition) is 3. The quantitative estimate of drug-likeness (QED) is 0.444. The summed E-state index contributed by atoms with van der Waals surface area (Å²) in [7, 11) is 1.35. The highest BCUT2D eigenvalue weighted by atomic mass is 16.5. The third-order valence-electron chi connectivity index (χ3n) is 2.09. The van der Waals surface area contributed by atoms with Crippen LogP contribution >= 0.6 is 0 Å². The Morgan fingerprint density at radius 1 is 1.53 bits per heavy atom. The summed E-state index contributed by atoms with van der Waals surface area (Å²) in [5, 5.41) is 7.16. The van der Waals surface area contributed by atoms with E-state index in [1.807, 2.05) is 13.0 Å². The molecule has 0 aliphatic rings. The van der Waals surface area contributed by atoms with Crippen LogP contribution in [0.3, 0.4) is 0 Å². The minimum absolute atomic E-state index is 0.111. The molecular formula is C11H14N2O2. The van der Waals surface area contributed by atoms with Crippen LogP contribution in [0.4, 0.5) is 0 Å². The van der Waals surface area contributed by atoms with Gasteiger partial charge in [0.15, 0.2) is 0 Å². The average Bonchev–Trinajstić information content (AvgIpc) is 2.16. The molecule has 0 saturated heterocycles. The zero-order valence-corrected chi connectivity index (χ0v) is 8.83. The minimum Gasteiger partial charge on any atom is -0.465 e. The number of amidine groups is 1. The number of nitrogens with two attached hydrogens (primary N) is 1. The topological polar surface area (TPSA) is 76.2 Å². The molecule has 0 aromatic heterocycles. The lowest BCUT2D eigenvalue weighted by Gasteiger charge is -2.06. The summed E-state index contributed by atoms with van der Waals surface area (Å²) >= 11 is 0. The lowest BCUT2D eigenvalue weighted by molar-refractivity contribution is 0.0600. The molecule has 0 aliphatic carbocycles. The van der Waals surface area contributed by atoms with Gasteiger partial charge in [-0.25, -0.2) is 4.79 Å². The predicted octanol–water partition coefficient (Wildman–Crippen LogP) is 1.26. The summed E-state index contributed by atoms with van der Waals surface area (Å²) in [5.41, 5.74) is 7.59. The van der Waals surface area contributed by atoms with Crippen LogP contribution in [0, 0.1) is 12.3 Å². The molecule has 80 valence electrons. The largest absolute Gasteiger partial charge is 0.465 e. The van der Waals surface area contributed by atoms with Crippen LogP contribution in [0.1, 0.15) is 21.5 Å². The van der Waals surface area contributed by atoms with Gasteiger partial charge in [-0.2, -0.15) is 0 Å². The SMILES string of the molecule is COC(=O)c1ccc(CC(=N)N)cc1C. The van der Waals surface area contributed by atoms with Crippen LogP contribution in [-0.4, -0.2) is 18.9 Å². The molecule has 0 unspecified atom stereocenters. The molecule has 0 atom stereocenters. The van der Waals surface area contributed by atoms with Crippen LogP contribution in [0.5, 0.6) is 0 Å². The lowest BCUT2D eigenvalue weighted by atomic mass is 10.0. The van der Waals surface area contributed by atoms with Gasteiger partial charge in [0.05, 0.1) is 18.5 Å². The van der Waals surface area contributed by atoms with Crippen LogP contribution < -0.4 is 5.73 Å². The van der Waals surface area contributed by atoms with Gasteiger partial charge < -0.3 is 10.5 Å². The van der Waals surface area contributed by atoms with Crippen molar-refractivity contribution in [2.24, 2.45) is 5.73 Å². The molecule has 0 bridgehead atoms. The first-order valence-corrected chi connectivity index (χ1v) is 4.55. The summed E-state index contributed by atoms with van der Waals surface area (Å²) in [6, 6.07) is 5.31. The number of nitrogens with one attached hydrogen (secondary N) is 1. The number of aryl methyl sites for hydroxylation is 1. The van der Waals surface area contributed by atoms with E-state index in [1.54, 1.807) is 12.1 Å². The van der Waals surface area contributed by atoms with E-state index >= 15 is 0 Å². The van der Waals surface area contributed by atoms with Gasteiger partial charge in [-0.3, -0.25) is 5.41 Å². The highest BCUT2D eigenvalue weighted by molar-refractivity contribution is 5.91. The van der Waals surface area contributed by atoms with Crippen molar-refractivity contribution in [2.45, 2.75) is 13.3 Å². The minimum atomic E-state index is -0.345.